The zero-order valence-corrected chi connectivity index (χ0v) is 17.0. The number of benzene rings is 2. The Labute approximate surface area is 175 Å². The van der Waals surface area contributed by atoms with Crippen LogP contribution in [-0.4, -0.2) is 35.3 Å². The van der Waals surface area contributed by atoms with Gasteiger partial charge in [0.1, 0.15) is 0 Å². The summed E-state index contributed by atoms with van der Waals surface area (Å²) in [4.78, 5) is 16.9. The molecule has 0 saturated carbocycles. The number of halogens is 3. The van der Waals surface area contributed by atoms with Gasteiger partial charge < -0.3 is 4.90 Å². The van der Waals surface area contributed by atoms with Gasteiger partial charge >= 0.3 is 6.18 Å². The second-order valence-corrected chi connectivity index (χ2v) is 8.46. The molecule has 6 heteroatoms. The molecule has 0 aliphatic carbocycles. The van der Waals surface area contributed by atoms with Gasteiger partial charge in [0.05, 0.1) is 5.56 Å². The van der Waals surface area contributed by atoms with Gasteiger partial charge in [0.2, 0.25) is 5.91 Å². The number of likely N-dealkylation sites (tertiary alicyclic amines) is 1. The molecule has 0 unspecified atom stereocenters. The van der Waals surface area contributed by atoms with Gasteiger partial charge in [-0.3, -0.25) is 9.69 Å². The van der Waals surface area contributed by atoms with E-state index in [0.717, 1.165) is 45.0 Å². The lowest BCUT2D eigenvalue weighted by Crippen LogP contribution is -2.39. The Kier molecular flexibility index (Phi) is 6.14. The van der Waals surface area contributed by atoms with Gasteiger partial charge in [0, 0.05) is 26.1 Å². The first-order chi connectivity index (χ1) is 14.4. The van der Waals surface area contributed by atoms with Crippen LogP contribution < -0.4 is 0 Å². The number of alkyl halides is 3. The van der Waals surface area contributed by atoms with Crippen molar-refractivity contribution in [3.8, 4) is 0 Å². The molecular weight excluding hydrogens is 389 g/mol. The van der Waals surface area contributed by atoms with Crippen molar-refractivity contribution in [2.24, 2.45) is 5.92 Å². The smallest absolute Gasteiger partial charge is 0.338 e. The van der Waals surface area contributed by atoms with Crippen LogP contribution in [0.1, 0.15) is 41.5 Å². The Hall–Kier alpha value is -2.34. The second-order valence-electron chi connectivity index (χ2n) is 8.46. The van der Waals surface area contributed by atoms with Crippen LogP contribution in [-0.2, 0) is 30.5 Å². The molecule has 30 heavy (non-hydrogen) atoms. The SMILES string of the molecule is O=C(CC1CCN(Cc2cccc(C(F)(F)F)c2)CC1)N1CCc2ccccc2C1. The van der Waals surface area contributed by atoms with Crippen LogP contribution in [0.2, 0.25) is 0 Å². The summed E-state index contributed by atoms with van der Waals surface area (Å²) in [7, 11) is 0. The Balaban J connectivity index is 1.26. The van der Waals surface area contributed by atoms with Gasteiger partial charge in [0.25, 0.3) is 0 Å². The van der Waals surface area contributed by atoms with Gasteiger partial charge in [0.15, 0.2) is 0 Å². The molecule has 3 nitrogen and oxygen atoms in total. The van der Waals surface area contributed by atoms with Crippen LogP contribution in [0.3, 0.4) is 0 Å². The molecule has 1 saturated heterocycles. The van der Waals surface area contributed by atoms with Crippen molar-refractivity contribution in [1.29, 1.82) is 0 Å². The highest BCUT2D eigenvalue weighted by atomic mass is 19.4. The lowest BCUT2D eigenvalue weighted by molar-refractivity contribution is -0.137. The zero-order chi connectivity index (χ0) is 21.1. The first-order valence-electron chi connectivity index (χ1n) is 10.6. The van der Waals surface area contributed by atoms with E-state index in [-0.39, 0.29) is 5.91 Å². The maximum absolute atomic E-state index is 12.9. The number of carbonyl (C=O) groups is 1. The summed E-state index contributed by atoms with van der Waals surface area (Å²) >= 11 is 0. The number of piperidine rings is 1. The Morgan fingerprint density at radius 1 is 0.967 bits per heavy atom. The fourth-order valence-electron chi connectivity index (χ4n) is 4.54. The van der Waals surface area contributed by atoms with E-state index >= 15 is 0 Å². The monoisotopic (exact) mass is 416 g/mol. The van der Waals surface area contributed by atoms with Crippen LogP contribution in [0.15, 0.2) is 48.5 Å². The van der Waals surface area contributed by atoms with Gasteiger partial charge in [-0.05, 0) is 61.0 Å². The number of fused-ring (bicyclic) bond motifs is 1. The number of amides is 1. The highest BCUT2D eigenvalue weighted by Crippen LogP contribution is 2.30. The molecule has 0 spiro atoms. The van der Waals surface area contributed by atoms with Crippen LogP contribution in [0.25, 0.3) is 0 Å². The summed E-state index contributed by atoms with van der Waals surface area (Å²) in [5, 5.41) is 0. The van der Waals surface area contributed by atoms with E-state index in [2.05, 4.69) is 17.0 Å². The number of nitrogens with zero attached hydrogens (tertiary/aromatic N) is 2. The maximum Gasteiger partial charge on any atom is 0.416 e. The van der Waals surface area contributed by atoms with E-state index in [1.165, 1.54) is 23.3 Å². The summed E-state index contributed by atoms with van der Waals surface area (Å²) in [6.07, 6.45) is -1.00. The van der Waals surface area contributed by atoms with Gasteiger partial charge in [-0.15, -0.1) is 0 Å². The fourth-order valence-corrected chi connectivity index (χ4v) is 4.54. The van der Waals surface area contributed by atoms with E-state index in [0.29, 0.717) is 31.0 Å². The topological polar surface area (TPSA) is 23.6 Å². The number of hydrogen-bond donors (Lipinski definition) is 0. The Morgan fingerprint density at radius 2 is 1.70 bits per heavy atom. The average Bonchev–Trinajstić information content (AvgIpc) is 2.74. The van der Waals surface area contributed by atoms with Crippen molar-refractivity contribution in [3.05, 3.63) is 70.8 Å². The normalized spacial score (nSPS) is 18.3. The van der Waals surface area contributed by atoms with Crippen molar-refractivity contribution in [2.75, 3.05) is 19.6 Å². The molecule has 2 aromatic rings. The molecule has 4 rings (SSSR count). The number of hydrogen-bond acceptors (Lipinski definition) is 2. The minimum atomic E-state index is -4.31. The lowest BCUT2D eigenvalue weighted by Gasteiger charge is -2.34. The highest BCUT2D eigenvalue weighted by molar-refractivity contribution is 5.76. The molecule has 0 N–H and O–H groups in total. The molecule has 1 fully saturated rings. The van der Waals surface area contributed by atoms with Gasteiger partial charge in [-0.2, -0.15) is 13.2 Å². The predicted octanol–water partition coefficient (Wildman–Crippen LogP) is 4.89. The largest absolute Gasteiger partial charge is 0.416 e. The third-order valence-electron chi connectivity index (χ3n) is 6.31. The van der Waals surface area contributed by atoms with Crippen LogP contribution in [0.5, 0.6) is 0 Å². The maximum atomic E-state index is 12.9. The second kappa shape index (κ2) is 8.80. The molecule has 2 aliphatic rings. The summed E-state index contributed by atoms with van der Waals surface area (Å²) in [6.45, 7) is 3.63. The first kappa shape index (κ1) is 20.9. The van der Waals surface area contributed by atoms with E-state index in [9.17, 15) is 18.0 Å². The zero-order valence-electron chi connectivity index (χ0n) is 17.0. The molecule has 0 bridgehead atoms. The van der Waals surface area contributed by atoms with E-state index in [1.54, 1.807) is 6.07 Å². The third kappa shape index (κ3) is 5.04. The molecule has 0 atom stereocenters. The molecule has 2 aliphatic heterocycles. The fraction of sp³-hybridized carbons (Fsp3) is 0.458. The van der Waals surface area contributed by atoms with E-state index in [1.807, 2.05) is 17.0 Å². The number of carbonyl (C=O) groups excluding carboxylic acids is 1. The third-order valence-corrected chi connectivity index (χ3v) is 6.31. The summed E-state index contributed by atoms with van der Waals surface area (Å²) in [6, 6.07) is 13.9. The Morgan fingerprint density at radius 3 is 2.43 bits per heavy atom. The summed E-state index contributed by atoms with van der Waals surface area (Å²) in [5.74, 6) is 0.577. The number of rotatable bonds is 4. The first-order valence-corrected chi connectivity index (χ1v) is 10.6. The molecule has 2 aromatic carbocycles. The molecule has 2 heterocycles. The van der Waals surface area contributed by atoms with E-state index < -0.39 is 11.7 Å². The predicted molar refractivity (Wildman–Crippen MR) is 110 cm³/mol. The van der Waals surface area contributed by atoms with E-state index in [4.69, 9.17) is 0 Å². The lowest BCUT2D eigenvalue weighted by atomic mass is 9.92. The highest BCUT2D eigenvalue weighted by Gasteiger charge is 2.31. The van der Waals surface area contributed by atoms with Crippen molar-refractivity contribution < 1.29 is 18.0 Å². The molecule has 1 amide bonds. The van der Waals surface area contributed by atoms with Crippen LogP contribution >= 0.6 is 0 Å². The van der Waals surface area contributed by atoms with Crippen LogP contribution in [0, 0.1) is 5.92 Å². The minimum Gasteiger partial charge on any atom is -0.338 e. The van der Waals surface area contributed by atoms with Gasteiger partial charge in [-0.25, -0.2) is 0 Å². The van der Waals surface area contributed by atoms with Crippen molar-refractivity contribution in [1.82, 2.24) is 9.80 Å². The average molecular weight is 416 g/mol. The van der Waals surface area contributed by atoms with Crippen molar-refractivity contribution in [3.63, 3.8) is 0 Å². The van der Waals surface area contributed by atoms with Crippen molar-refractivity contribution >= 4 is 5.91 Å². The van der Waals surface area contributed by atoms with Crippen LogP contribution in [0.4, 0.5) is 13.2 Å². The van der Waals surface area contributed by atoms with Gasteiger partial charge in [-0.1, -0.05) is 42.5 Å². The molecule has 160 valence electrons. The molecular formula is C24H27F3N2O. The quantitative estimate of drug-likeness (QED) is 0.708. The molecule has 0 radical (unpaired) electrons. The Bertz CT molecular complexity index is 888. The summed E-state index contributed by atoms with van der Waals surface area (Å²) < 4.78 is 38.7. The van der Waals surface area contributed by atoms with Crippen molar-refractivity contribution in [2.45, 2.75) is 44.9 Å². The minimum absolute atomic E-state index is 0.223. The summed E-state index contributed by atoms with van der Waals surface area (Å²) in [5.41, 5.74) is 2.67. The molecule has 0 aromatic heterocycles. The standard InChI is InChI=1S/C24H27F3N2O/c25-24(26,27)22-7-3-4-19(14-22)16-28-11-8-18(9-12-28)15-23(30)29-13-10-20-5-1-2-6-21(20)17-29/h1-7,14,18H,8-13,15-17H2.